The van der Waals surface area contributed by atoms with Gasteiger partial charge in [-0.3, -0.25) is 14.8 Å². The average molecular weight is 299 g/mol. The van der Waals surface area contributed by atoms with Gasteiger partial charge in [-0.15, -0.1) is 5.06 Å². The SMILES string of the molecule is CCC(=O)ON(Cc1ccccn1)C(CC)c1ccccn1. The summed E-state index contributed by atoms with van der Waals surface area (Å²) in [6.07, 6.45) is 4.59. The molecule has 2 aromatic heterocycles. The molecule has 0 saturated carbocycles. The lowest BCUT2D eigenvalue weighted by molar-refractivity contribution is -0.208. The fourth-order valence-electron chi connectivity index (χ4n) is 2.19. The number of rotatable bonds is 7. The summed E-state index contributed by atoms with van der Waals surface area (Å²) in [5, 5.41) is 1.68. The first-order valence-electron chi connectivity index (χ1n) is 7.52. The second kappa shape index (κ2) is 8.24. The molecule has 22 heavy (non-hydrogen) atoms. The molecule has 116 valence electrons. The van der Waals surface area contributed by atoms with Crippen molar-refractivity contribution in [2.75, 3.05) is 0 Å². The van der Waals surface area contributed by atoms with Crippen LogP contribution in [0.2, 0.25) is 0 Å². The Bertz CT molecular complexity index is 575. The van der Waals surface area contributed by atoms with Crippen LogP contribution in [0.15, 0.2) is 48.8 Å². The molecule has 0 aromatic carbocycles. The molecule has 0 aliphatic rings. The first-order valence-corrected chi connectivity index (χ1v) is 7.52. The van der Waals surface area contributed by atoms with E-state index < -0.39 is 0 Å². The van der Waals surface area contributed by atoms with E-state index in [4.69, 9.17) is 4.84 Å². The van der Waals surface area contributed by atoms with E-state index in [9.17, 15) is 4.79 Å². The maximum absolute atomic E-state index is 11.8. The number of pyridine rings is 2. The minimum absolute atomic E-state index is 0.0984. The van der Waals surface area contributed by atoms with Crippen molar-refractivity contribution in [1.82, 2.24) is 15.0 Å². The Morgan fingerprint density at radius 3 is 2.41 bits per heavy atom. The first kappa shape index (κ1) is 16.1. The van der Waals surface area contributed by atoms with E-state index in [1.807, 2.05) is 43.3 Å². The average Bonchev–Trinajstić information content (AvgIpc) is 2.57. The van der Waals surface area contributed by atoms with Gasteiger partial charge in [-0.1, -0.05) is 26.0 Å². The van der Waals surface area contributed by atoms with Gasteiger partial charge in [0.15, 0.2) is 0 Å². The number of hydroxylamine groups is 2. The van der Waals surface area contributed by atoms with Crippen molar-refractivity contribution in [1.29, 1.82) is 0 Å². The first-order chi connectivity index (χ1) is 10.7. The molecule has 0 aliphatic carbocycles. The summed E-state index contributed by atoms with van der Waals surface area (Å²) >= 11 is 0. The highest BCUT2D eigenvalue weighted by Crippen LogP contribution is 2.24. The van der Waals surface area contributed by atoms with Gasteiger partial charge in [0.1, 0.15) is 0 Å². The lowest BCUT2D eigenvalue weighted by Crippen LogP contribution is -2.31. The Morgan fingerprint density at radius 1 is 1.14 bits per heavy atom. The van der Waals surface area contributed by atoms with Gasteiger partial charge in [0, 0.05) is 18.8 Å². The quantitative estimate of drug-likeness (QED) is 0.734. The molecule has 0 aliphatic heterocycles. The third kappa shape index (κ3) is 4.36. The molecule has 5 heteroatoms. The van der Waals surface area contributed by atoms with Gasteiger partial charge < -0.3 is 4.84 Å². The Kier molecular flexibility index (Phi) is 6.03. The van der Waals surface area contributed by atoms with E-state index in [-0.39, 0.29) is 12.0 Å². The van der Waals surface area contributed by atoms with Crippen molar-refractivity contribution >= 4 is 5.97 Å². The number of carbonyl (C=O) groups is 1. The Morgan fingerprint density at radius 2 is 1.86 bits per heavy atom. The monoisotopic (exact) mass is 299 g/mol. The number of aromatic nitrogens is 2. The normalized spacial score (nSPS) is 12.1. The molecule has 0 saturated heterocycles. The zero-order valence-corrected chi connectivity index (χ0v) is 13.0. The molecule has 0 fully saturated rings. The van der Waals surface area contributed by atoms with Crippen LogP contribution >= 0.6 is 0 Å². The van der Waals surface area contributed by atoms with Crippen molar-refractivity contribution in [2.45, 2.75) is 39.3 Å². The van der Waals surface area contributed by atoms with Gasteiger partial charge in [0.25, 0.3) is 0 Å². The molecule has 2 heterocycles. The Balaban J connectivity index is 2.23. The fourth-order valence-corrected chi connectivity index (χ4v) is 2.19. The van der Waals surface area contributed by atoms with Crippen LogP contribution in [0.3, 0.4) is 0 Å². The van der Waals surface area contributed by atoms with E-state index in [1.54, 1.807) is 24.4 Å². The molecule has 0 amide bonds. The third-order valence-electron chi connectivity index (χ3n) is 3.32. The second-order valence-electron chi connectivity index (χ2n) is 4.89. The summed E-state index contributed by atoms with van der Waals surface area (Å²) in [5.41, 5.74) is 1.73. The number of hydrogen-bond donors (Lipinski definition) is 0. The van der Waals surface area contributed by atoms with Crippen LogP contribution in [-0.4, -0.2) is 21.0 Å². The van der Waals surface area contributed by atoms with Crippen molar-refractivity contribution in [3.05, 3.63) is 60.2 Å². The van der Waals surface area contributed by atoms with Crippen LogP contribution in [0.5, 0.6) is 0 Å². The van der Waals surface area contributed by atoms with E-state index in [2.05, 4.69) is 9.97 Å². The molecule has 0 spiro atoms. The molecule has 2 aromatic rings. The summed E-state index contributed by atoms with van der Waals surface area (Å²) in [6.45, 7) is 4.26. The zero-order chi connectivity index (χ0) is 15.8. The predicted octanol–water partition coefficient (Wildman–Crippen LogP) is 3.30. The minimum atomic E-state index is -0.259. The van der Waals surface area contributed by atoms with Crippen LogP contribution in [0.1, 0.15) is 44.1 Å². The van der Waals surface area contributed by atoms with Crippen molar-refractivity contribution < 1.29 is 9.63 Å². The molecule has 0 radical (unpaired) electrons. The fraction of sp³-hybridized carbons (Fsp3) is 0.353. The number of nitrogens with zero attached hydrogens (tertiary/aromatic N) is 3. The molecule has 0 bridgehead atoms. The van der Waals surface area contributed by atoms with Gasteiger partial charge in [-0.2, -0.15) is 0 Å². The highest BCUT2D eigenvalue weighted by molar-refractivity contribution is 5.68. The highest BCUT2D eigenvalue weighted by atomic mass is 16.7. The summed E-state index contributed by atoms with van der Waals surface area (Å²) in [5.74, 6) is -0.259. The molecular weight excluding hydrogens is 278 g/mol. The van der Waals surface area contributed by atoms with E-state index in [0.29, 0.717) is 13.0 Å². The molecule has 2 rings (SSSR count). The van der Waals surface area contributed by atoms with E-state index in [0.717, 1.165) is 17.8 Å². The Hall–Kier alpha value is -2.27. The number of carbonyl (C=O) groups excluding carboxylic acids is 1. The topological polar surface area (TPSA) is 55.3 Å². The summed E-state index contributed by atoms with van der Waals surface area (Å²) < 4.78 is 0. The third-order valence-corrected chi connectivity index (χ3v) is 3.32. The van der Waals surface area contributed by atoms with Crippen LogP contribution in [-0.2, 0) is 16.2 Å². The highest BCUT2D eigenvalue weighted by Gasteiger charge is 2.24. The molecule has 1 atom stereocenters. The largest absolute Gasteiger partial charge is 0.367 e. The lowest BCUT2D eigenvalue weighted by atomic mass is 10.1. The van der Waals surface area contributed by atoms with Gasteiger partial charge in [0.05, 0.1) is 24.0 Å². The van der Waals surface area contributed by atoms with E-state index in [1.165, 1.54) is 0 Å². The predicted molar refractivity (Wildman–Crippen MR) is 83.4 cm³/mol. The maximum atomic E-state index is 11.8. The molecule has 1 unspecified atom stereocenters. The van der Waals surface area contributed by atoms with Crippen molar-refractivity contribution in [3.8, 4) is 0 Å². The van der Waals surface area contributed by atoms with Gasteiger partial charge >= 0.3 is 5.97 Å². The van der Waals surface area contributed by atoms with Crippen molar-refractivity contribution in [2.24, 2.45) is 0 Å². The zero-order valence-electron chi connectivity index (χ0n) is 13.0. The van der Waals surface area contributed by atoms with Crippen LogP contribution in [0.4, 0.5) is 0 Å². The molecular formula is C17H21N3O2. The maximum Gasteiger partial charge on any atom is 0.324 e. The molecule has 5 nitrogen and oxygen atoms in total. The van der Waals surface area contributed by atoms with Gasteiger partial charge in [0.2, 0.25) is 0 Å². The second-order valence-corrected chi connectivity index (χ2v) is 4.89. The minimum Gasteiger partial charge on any atom is -0.367 e. The van der Waals surface area contributed by atoms with E-state index >= 15 is 0 Å². The van der Waals surface area contributed by atoms with Crippen LogP contribution < -0.4 is 0 Å². The number of hydrogen-bond acceptors (Lipinski definition) is 5. The summed E-state index contributed by atoms with van der Waals surface area (Å²) in [4.78, 5) is 26.0. The molecule has 0 N–H and O–H groups in total. The van der Waals surface area contributed by atoms with Crippen molar-refractivity contribution in [3.63, 3.8) is 0 Å². The van der Waals surface area contributed by atoms with Crippen LogP contribution in [0, 0.1) is 0 Å². The smallest absolute Gasteiger partial charge is 0.324 e. The van der Waals surface area contributed by atoms with Crippen LogP contribution in [0.25, 0.3) is 0 Å². The summed E-state index contributed by atoms with van der Waals surface area (Å²) in [7, 11) is 0. The Labute approximate surface area is 130 Å². The van der Waals surface area contributed by atoms with Gasteiger partial charge in [-0.05, 0) is 30.7 Å². The van der Waals surface area contributed by atoms with Gasteiger partial charge in [-0.25, -0.2) is 0 Å². The summed E-state index contributed by atoms with van der Waals surface area (Å²) in [6, 6.07) is 11.4. The lowest BCUT2D eigenvalue weighted by Gasteiger charge is -2.28. The standard InChI is InChI=1S/C17H21N3O2/c1-3-16(15-10-6-8-12-19-15)20(22-17(21)4-2)13-14-9-5-7-11-18-14/h5-12,16H,3-4,13H2,1-2H3.